The summed E-state index contributed by atoms with van der Waals surface area (Å²) < 4.78 is 5.64. The molecule has 1 atom stereocenters. The number of benzene rings is 1. The number of allylic oxidation sites excluding steroid dienone is 1. The van der Waals surface area contributed by atoms with Crippen LogP contribution in [0.1, 0.15) is 57.1 Å². The molecule has 2 heteroatoms. The normalized spacial score (nSPS) is 16.6. The molecule has 1 unspecified atom stereocenters. The van der Waals surface area contributed by atoms with Gasteiger partial charge in [0, 0.05) is 6.04 Å². The van der Waals surface area contributed by atoms with Gasteiger partial charge in [-0.1, -0.05) is 30.7 Å². The summed E-state index contributed by atoms with van der Waals surface area (Å²) in [5.41, 5.74) is 2.96. The largest absolute Gasteiger partial charge is 0.494 e. The van der Waals surface area contributed by atoms with E-state index in [1.54, 1.807) is 5.57 Å². The van der Waals surface area contributed by atoms with Gasteiger partial charge in [-0.25, -0.2) is 0 Å². The molecule has 0 saturated carbocycles. The maximum atomic E-state index is 5.64. The Bertz CT molecular complexity index is 422. The standard InChI is InChI=1S/C18H27NO/c1-3-13-20-17-11-9-16(10-12-17)18(19-2)14-15-7-5-4-6-8-15/h7,9-12,18-19H,3-6,8,13-14H2,1-2H3. The fourth-order valence-electron chi connectivity index (χ4n) is 2.76. The van der Waals surface area contributed by atoms with E-state index in [2.05, 4.69) is 49.6 Å². The molecule has 0 spiro atoms. The molecule has 1 aromatic carbocycles. The van der Waals surface area contributed by atoms with Gasteiger partial charge in [0.1, 0.15) is 5.75 Å². The SMILES string of the molecule is CCCOc1ccc(C(CC2=CCCCC2)NC)cc1. The smallest absolute Gasteiger partial charge is 0.119 e. The van der Waals surface area contributed by atoms with Crippen LogP contribution in [-0.2, 0) is 0 Å². The van der Waals surface area contributed by atoms with Crippen LogP contribution in [-0.4, -0.2) is 13.7 Å². The van der Waals surface area contributed by atoms with E-state index in [1.807, 2.05) is 0 Å². The molecule has 0 fully saturated rings. The molecule has 0 bridgehead atoms. The van der Waals surface area contributed by atoms with Crippen LogP contribution < -0.4 is 10.1 Å². The van der Waals surface area contributed by atoms with E-state index in [4.69, 9.17) is 4.74 Å². The summed E-state index contributed by atoms with van der Waals surface area (Å²) in [6.45, 7) is 2.92. The molecule has 0 heterocycles. The summed E-state index contributed by atoms with van der Waals surface area (Å²) in [4.78, 5) is 0. The summed E-state index contributed by atoms with van der Waals surface area (Å²) in [6, 6.07) is 8.97. The zero-order valence-corrected chi connectivity index (χ0v) is 12.8. The Morgan fingerprint density at radius 1 is 1.20 bits per heavy atom. The van der Waals surface area contributed by atoms with Crippen LogP contribution in [0.25, 0.3) is 0 Å². The van der Waals surface area contributed by atoms with Crippen molar-refractivity contribution in [3.05, 3.63) is 41.5 Å². The maximum absolute atomic E-state index is 5.64. The Labute approximate surface area is 123 Å². The van der Waals surface area contributed by atoms with Gasteiger partial charge in [0.05, 0.1) is 6.61 Å². The number of rotatable bonds is 7. The van der Waals surface area contributed by atoms with E-state index in [1.165, 1.54) is 31.2 Å². The van der Waals surface area contributed by atoms with Crippen molar-refractivity contribution < 1.29 is 4.74 Å². The second kappa shape index (κ2) is 8.11. The van der Waals surface area contributed by atoms with Gasteiger partial charge in [-0.05, 0) is 63.3 Å². The van der Waals surface area contributed by atoms with Crippen LogP contribution in [0.2, 0.25) is 0 Å². The van der Waals surface area contributed by atoms with Crippen molar-refractivity contribution in [2.75, 3.05) is 13.7 Å². The number of hydrogen-bond acceptors (Lipinski definition) is 2. The number of ether oxygens (including phenoxy) is 1. The van der Waals surface area contributed by atoms with Crippen LogP contribution >= 0.6 is 0 Å². The Kier molecular flexibility index (Phi) is 6.13. The van der Waals surface area contributed by atoms with E-state index >= 15 is 0 Å². The molecular formula is C18H27NO. The van der Waals surface area contributed by atoms with Gasteiger partial charge < -0.3 is 10.1 Å². The van der Waals surface area contributed by atoms with Crippen LogP contribution in [0.3, 0.4) is 0 Å². The molecule has 0 amide bonds. The number of hydrogen-bond donors (Lipinski definition) is 1. The fourth-order valence-corrected chi connectivity index (χ4v) is 2.76. The quantitative estimate of drug-likeness (QED) is 0.732. The van der Waals surface area contributed by atoms with Gasteiger partial charge in [0.2, 0.25) is 0 Å². The van der Waals surface area contributed by atoms with E-state index < -0.39 is 0 Å². The van der Waals surface area contributed by atoms with E-state index in [0.29, 0.717) is 6.04 Å². The summed E-state index contributed by atoms with van der Waals surface area (Å²) in [5.74, 6) is 0.974. The first-order chi connectivity index (χ1) is 9.83. The molecule has 1 aliphatic carbocycles. The average Bonchev–Trinajstić information content (AvgIpc) is 2.52. The van der Waals surface area contributed by atoms with Crippen molar-refractivity contribution in [1.82, 2.24) is 5.32 Å². The molecule has 0 radical (unpaired) electrons. The van der Waals surface area contributed by atoms with Crippen LogP contribution in [0.4, 0.5) is 0 Å². The summed E-state index contributed by atoms with van der Waals surface area (Å²) in [6.07, 6.45) is 9.86. The van der Waals surface area contributed by atoms with E-state index in [0.717, 1.165) is 25.2 Å². The lowest BCUT2D eigenvalue weighted by Crippen LogP contribution is -2.17. The van der Waals surface area contributed by atoms with Crippen molar-refractivity contribution in [3.8, 4) is 5.75 Å². The highest BCUT2D eigenvalue weighted by atomic mass is 16.5. The molecule has 0 aromatic heterocycles. The highest BCUT2D eigenvalue weighted by Crippen LogP contribution is 2.28. The van der Waals surface area contributed by atoms with Crippen molar-refractivity contribution in [2.24, 2.45) is 0 Å². The zero-order chi connectivity index (χ0) is 14.2. The first-order valence-electron chi connectivity index (χ1n) is 7.91. The molecule has 0 saturated heterocycles. The first kappa shape index (κ1) is 15.1. The molecule has 1 aromatic rings. The highest BCUT2D eigenvalue weighted by molar-refractivity contribution is 5.30. The monoisotopic (exact) mass is 273 g/mol. The highest BCUT2D eigenvalue weighted by Gasteiger charge is 2.13. The van der Waals surface area contributed by atoms with Crippen molar-refractivity contribution in [3.63, 3.8) is 0 Å². The number of nitrogens with one attached hydrogen (secondary N) is 1. The van der Waals surface area contributed by atoms with E-state index in [9.17, 15) is 0 Å². The van der Waals surface area contributed by atoms with Crippen molar-refractivity contribution >= 4 is 0 Å². The molecule has 1 N–H and O–H groups in total. The predicted octanol–water partition coefficient (Wildman–Crippen LogP) is 4.63. The van der Waals surface area contributed by atoms with Gasteiger partial charge in [-0.3, -0.25) is 0 Å². The Morgan fingerprint density at radius 3 is 2.60 bits per heavy atom. The van der Waals surface area contributed by atoms with Gasteiger partial charge in [0.15, 0.2) is 0 Å². The fraction of sp³-hybridized carbons (Fsp3) is 0.556. The third kappa shape index (κ3) is 4.38. The lowest BCUT2D eigenvalue weighted by atomic mass is 9.91. The minimum Gasteiger partial charge on any atom is -0.494 e. The third-order valence-corrected chi connectivity index (χ3v) is 3.96. The lowest BCUT2D eigenvalue weighted by molar-refractivity contribution is 0.317. The van der Waals surface area contributed by atoms with Crippen LogP contribution in [0.15, 0.2) is 35.9 Å². The first-order valence-corrected chi connectivity index (χ1v) is 7.91. The van der Waals surface area contributed by atoms with Gasteiger partial charge >= 0.3 is 0 Å². The second-order valence-corrected chi connectivity index (χ2v) is 5.57. The van der Waals surface area contributed by atoms with Gasteiger partial charge in [-0.15, -0.1) is 0 Å². The Morgan fingerprint density at radius 2 is 2.00 bits per heavy atom. The topological polar surface area (TPSA) is 21.3 Å². The van der Waals surface area contributed by atoms with Crippen molar-refractivity contribution in [2.45, 2.75) is 51.5 Å². The van der Waals surface area contributed by atoms with E-state index in [-0.39, 0.29) is 0 Å². The average molecular weight is 273 g/mol. The third-order valence-electron chi connectivity index (χ3n) is 3.96. The predicted molar refractivity (Wildman–Crippen MR) is 85.2 cm³/mol. The zero-order valence-electron chi connectivity index (χ0n) is 12.8. The molecular weight excluding hydrogens is 246 g/mol. The van der Waals surface area contributed by atoms with Crippen LogP contribution in [0.5, 0.6) is 5.75 Å². The molecule has 0 aliphatic heterocycles. The second-order valence-electron chi connectivity index (χ2n) is 5.57. The van der Waals surface area contributed by atoms with Gasteiger partial charge in [0.25, 0.3) is 0 Å². The van der Waals surface area contributed by atoms with Gasteiger partial charge in [-0.2, -0.15) is 0 Å². The molecule has 110 valence electrons. The minimum atomic E-state index is 0.416. The summed E-state index contributed by atoms with van der Waals surface area (Å²) >= 11 is 0. The Balaban J connectivity index is 1.97. The molecule has 20 heavy (non-hydrogen) atoms. The summed E-state index contributed by atoms with van der Waals surface area (Å²) in [7, 11) is 2.05. The lowest BCUT2D eigenvalue weighted by Gasteiger charge is -2.21. The Hall–Kier alpha value is -1.28. The minimum absolute atomic E-state index is 0.416. The molecule has 2 rings (SSSR count). The van der Waals surface area contributed by atoms with Crippen LogP contribution in [0, 0.1) is 0 Å². The molecule has 1 aliphatic rings. The molecule has 2 nitrogen and oxygen atoms in total. The maximum Gasteiger partial charge on any atom is 0.119 e. The summed E-state index contributed by atoms with van der Waals surface area (Å²) in [5, 5.41) is 3.45. The van der Waals surface area contributed by atoms with Crippen molar-refractivity contribution in [1.29, 1.82) is 0 Å².